The third-order valence-corrected chi connectivity index (χ3v) is 7.70. The molecule has 0 heterocycles. The van der Waals surface area contributed by atoms with Gasteiger partial charge in [0.15, 0.2) is 0 Å². The fourth-order valence-corrected chi connectivity index (χ4v) is 5.22. The molecule has 0 aliphatic heterocycles. The Balaban J connectivity index is 5.52. The lowest BCUT2D eigenvalue weighted by atomic mass is 9.57. The number of allylic oxidation sites excluding steroid dienone is 2. The normalized spacial score (nSPS) is 19.2. The van der Waals surface area contributed by atoms with Gasteiger partial charge in [0.1, 0.15) is 0 Å². The third kappa shape index (κ3) is 7.58. The molecule has 0 rings (SSSR count). The fraction of sp³-hybridized carbons (Fsp3) is 0.926. The van der Waals surface area contributed by atoms with Crippen molar-refractivity contribution in [3.8, 4) is 0 Å². The van der Waals surface area contributed by atoms with Crippen LogP contribution in [0.2, 0.25) is 0 Å². The van der Waals surface area contributed by atoms with E-state index in [4.69, 9.17) is 0 Å². The molecule has 0 amide bonds. The molecule has 0 bridgehead atoms. The van der Waals surface area contributed by atoms with Crippen molar-refractivity contribution >= 4 is 0 Å². The Bertz CT molecular complexity index is 477. The topological polar surface area (TPSA) is 0 Å². The van der Waals surface area contributed by atoms with E-state index in [2.05, 4.69) is 109 Å². The molecular weight excluding hydrogens is 324 g/mol. The molecule has 0 spiro atoms. The molecule has 2 atom stereocenters. The van der Waals surface area contributed by atoms with Crippen molar-refractivity contribution in [1.82, 2.24) is 0 Å². The molecule has 0 saturated heterocycles. The van der Waals surface area contributed by atoms with Crippen LogP contribution in [-0.2, 0) is 0 Å². The minimum absolute atomic E-state index is 0.239. The Hall–Kier alpha value is -0.260. The van der Waals surface area contributed by atoms with Crippen LogP contribution in [0, 0.1) is 32.5 Å². The van der Waals surface area contributed by atoms with Crippen LogP contribution >= 0.6 is 0 Å². The lowest BCUT2D eigenvalue weighted by molar-refractivity contribution is 0.0366. The summed E-state index contributed by atoms with van der Waals surface area (Å²) in [5.74, 6) is 0. The molecule has 27 heavy (non-hydrogen) atoms. The summed E-state index contributed by atoms with van der Waals surface area (Å²) < 4.78 is 0. The van der Waals surface area contributed by atoms with E-state index in [1.807, 2.05) is 0 Å². The molecule has 0 aromatic heterocycles. The maximum atomic E-state index is 2.56. The second-order valence-electron chi connectivity index (χ2n) is 13.5. The summed E-state index contributed by atoms with van der Waals surface area (Å²) >= 11 is 0. The second kappa shape index (κ2) is 8.62. The molecule has 0 aromatic carbocycles. The van der Waals surface area contributed by atoms with Crippen molar-refractivity contribution in [2.75, 3.05) is 0 Å². The van der Waals surface area contributed by atoms with Crippen molar-refractivity contribution in [2.24, 2.45) is 32.5 Å². The summed E-state index contributed by atoms with van der Waals surface area (Å²) in [5, 5.41) is 0. The molecule has 0 fully saturated rings. The maximum absolute atomic E-state index is 2.56. The summed E-state index contributed by atoms with van der Waals surface area (Å²) in [6.45, 7) is 33.9. The van der Waals surface area contributed by atoms with Crippen molar-refractivity contribution in [2.45, 2.75) is 129 Å². The van der Waals surface area contributed by atoms with Gasteiger partial charge in [-0.3, -0.25) is 0 Å². The van der Waals surface area contributed by atoms with Crippen LogP contribution in [0.1, 0.15) is 129 Å². The zero-order chi connectivity index (χ0) is 21.9. The maximum Gasteiger partial charge on any atom is -0.00978 e. The molecule has 0 aliphatic rings. The van der Waals surface area contributed by atoms with Crippen molar-refractivity contribution in [3.05, 3.63) is 12.2 Å². The summed E-state index contributed by atoms with van der Waals surface area (Å²) in [5.41, 5.74) is 1.93. The molecule has 0 nitrogen and oxygen atoms in total. The van der Waals surface area contributed by atoms with E-state index in [0.717, 1.165) is 6.42 Å². The van der Waals surface area contributed by atoms with Crippen LogP contribution < -0.4 is 0 Å². The van der Waals surface area contributed by atoms with E-state index >= 15 is 0 Å². The van der Waals surface area contributed by atoms with Gasteiger partial charge in [-0.25, -0.2) is 0 Å². The van der Waals surface area contributed by atoms with Crippen LogP contribution in [0.3, 0.4) is 0 Å². The molecule has 0 saturated carbocycles. The first-order chi connectivity index (χ1) is 11.7. The minimum Gasteiger partial charge on any atom is -0.0874 e. The Morgan fingerprint density at radius 3 is 1.33 bits per heavy atom. The van der Waals surface area contributed by atoms with Crippen molar-refractivity contribution < 1.29 is 0 Å². The average molecular weight is 379 g/mol. The van der Waals surface area contributed by atoms with E-state index in [9.17, 15) is 0 Å². The SMILES string of the molecule is CCC(C)(C=CCC(C)(C)C(C)(CC)CC(C)(C)C)C(C)(C)CC(C)(C)C. The first-order valence-electron chi connectivity index (χ1n) is 11.4. The van der Waals surface area contributed by atoms with Gasteiger partial charge in [0, 0.05) is 0 Å². The highest BCUT2D eigenvalue weighted by Crippen LogP contribution is 2.52. The largest absolute Gasteiger partial charge is 0.0874 e. The zero-order valence-electron chi connectivity index (χ0n) is 21.7. The van der Waals surface area contributed by atoms with Gasteiger partial charge in [-0.05, 0) is 58.2 Å². The average Bonchev–Trinajstić information content (AvgIpc) is 2.41. The van der Waals surface area contributed by atoms with E-state index in [1.54, 1.807) is 0 Å². The monoisotopic (exact) mass is 378 g/mol. The first-order valence-corrected chi connectivity index (χ1v) is 11.4. The highest BCUT2D eigenvalue weighted by Gasteiger charge is 2.42. The molecule has 162 valence electrons. The number of hydrogen-bond donors (Lipinski definition) is 0. The number of hydrogen-bond acceptors (Lipinski definition) is 0. The Morgan fingerprint density at radius 1 is 0.556 bits per heavy atom. The molecule has 0 N–H and O–H groups in total. The van der Waals surface area contributed by atoms with Crippen LogP contribution in [0.25, 0.3) is 0 Å². The summed E-state index contributed by atoms with van der Waals surface area (Å²) in [7, 11) is 0. The Labute approximate surface area is 174 Å². The van der Waals surface area contributed by atoms with Gasteiger partial charge in [0.2, 0.25) is 0 Å². The molecule has 0 radical (unpaired) electrons. The van der Waals surface area contributed by atoms with E-state index in [0.29, 0.717) is 27.1 Å². The van der Waals surface area contributed by atoms with Gasteiger partial charge in [0.05, 0.1) is 0 Å². The van der Waals surface area contributed by atoms with E-state index in [-0.39, 0.29) is 5.41 Å². The summed E-state index contributed by atoms with van der Waals surface area (Å²) in [6, 6.07) is 0. The van der Waals surface area contributed by atoms with Crippen LogP contribution in [0.15, 0.2) is 12.2 Å². The van der Waals surface area contributed by atoms with E-state index < -0.39 is 0 Å². The molecule has 0 heteroatoms. The lowest BCUT2D eigenvalue weighted by Crippen LogP contribution is -2.38. The quantitative estimate of drug-likeness (QED) is 0.350. The van der Waals surface area contributed by atoms with Crippen LogP contribution in [-0.4, -0.2) is 0 Å². The molecule has 0 aliphatic carbocycles. The van der Waals surface area contributed by atoms with Gasteiger partial charge in [-0.2, -0.15) is 0 Å². The van der Waals surface area contributed by atoms with Gasteiger partial charge in [0.25, 0.3) is 0 Å². The fourth-order valence-electron chi connectivity index (χ4n) is 5.22. The summed E-state index contributed by atoms with van der Waals surface area (Å²) in [6.07, 6.45) is 11.2. The predicted molar refractivity (Wildman–Crippen MR) is 126 cm³/mol. The standard InChI is InChI=1S/C27H54/c1-15-26(13,25(11,12)20-22(3,4)5)19-17-18-24(9,10)27(14,16-2)21-23(6,7)8/h17,19H,15-16,18,20-21H2,1-14H3. The molecule has 2 unspecified atom stereocenters. The van der Waals surface area contributed by atoms with Crippen molar-refractivity contribution in [3.63, 3.8) is 0 Å². The Morgan fingerprint density at radius 2 is 1.00 bits per heavy atom. The van der Waals surface area contributed by atoms with Gasteiger partial charge in [-0.1, -0.05) is 116 Å². The van der Waals surface area contributed by atoms with Crippen LogP contribution in [0.5, 0.6) is 0 Å². The van der Waals surface area contributed by atoms with Gasteiger partial charge < -0.3 is 0 Å². The second-order valence-corrected chi connectivity index (χ2v) is 13.5. The first kappa shape index (κ1) is 26.7. The summed E-state index contributed by atoms with van der Waals surface area (Å²) in [4.78, 5) is 0. The zero-order valence-corrected chi connectivity index (χ0v) is 21.7. The predicted octanol–water partition coefficient (Wildman–Crippen LogP) is 9.69. The highest BCUT2D eigenvalue weighted by atomic mass is 14.5. The van der Waals surface area contributed by atoms with E-state index in [1.165, 1.54) is 25.7 Å². The third-order valence-electron chi connectivity index (χ3n) is 7.70. The van der Waals surface area contributed by atoms with Gasteiger partial charge >= 0.3 is 0 Å². The minimum atomic E-state index is 0.239. The Kier molecular flexibility index (Phi) is 8.54. The lowest BCUT2D eigenvalue weighted by Gasteiger charge is -2.48. The smallest absolute Gasteiger partial charge is 0.00978 e. The highest BCUT2D eigenvalue weighted by molar-refractivity contribution is 5.07. The molecular formula is C27H54. The van der Waals surface area contributed by atoms with Crippen LogP contribution in [0.4, 0.5) is 0 Å². The number of rotatable bonds is 9. The van der Waals surface area contributed by atoms with Crippen molar-refractivity contribution in [1.29, 1.82) is 0 Å². The molecule has 0 aromatic rings. The van der Waals surface area contributed by atoms with Gasteiger partial charge in [-0.15, -0.1) is 0 Å².